The van der Waals surface area contributed by atoms with Gasteiger partial charge in [-0.3, -0.25) is 4.98 Å². The number of aromatic carboxylic acids is 1. The highest BCUT2D eigenvalue weighted by atomic mass is 16.4. The van der Waals surface area contributed by atoms with Crippen LogP contribution in [-0.2, 0) is 6.54 Å². The fraction of sp³-hybridized carbons (Fsp3) is 0.429. The van der Waals surface area contributed by atoms with Gasteiger partial charge in [-0.1, -0.05) is 26.0 Å². The summed E-state index contributed by atoms with van der Waals surface area (Å²) >= 11 is 0. The summed E-state index contributed by atoms with van der Waals surface area (Å²) in [6.45, 7) is 7.03. The van der Waals surface area contributed by atoms with Gasteiger partial charge in [-0.15, -0.1) is 5.10 Å². The van der Waals surface area contributed by atoms with E-state index in [4.69, 9.17) is 0 Å². The third kappa shape index (κ3) is 3.20. The highest BCUT2D eigenvalue weighted by Gasteiger charge is 2.21. The minimum atomic E-state index is -1.07. The van der Waals surface area contributed by atoms with Crippen LogP contribution in [0.5, 0.6) is 0 Å². The van der Waals surface area contributed by atoms with Crippen LogP contribution in [0.15, 0.2) is 24.5 Å². The summed E-state index contributed by atoms with van der Waals surface area (Å²) < 4.78 is 1.66. The summed E-state index contributed by atoms with van der Waals surface area (Å²) in [7, 11) is 0. The molecule has 6 nitrogen and oxygen atoms in total. The van der Waals surface area contributed by atoms with Gasteiger partial charge in [0.15, 0.2) is 5.69 Å². The van der Waals surface area contributed by atoms with Crippen molar-refractivity contribution in [1.29, 1.82) is 0 Å². The summed E-state index contributed by atoms with van der Waals surface area (Å²) in [6, 6.07) is 3.53. The van der Waals surface area contributed by atoms with Crippen LogP contribution in [0, 0.1) is 5.41 Å². The van der Waals surface area contributed by atoms with E-state index in [-0.39, 0.29) is 11.1 Å². The average Bonchev–Trinajstić information content (AvgIpc) is 2.80. The summed E-state index contributed by atoms with van der Waals surface area (Å²) in [6.07, 6.45) is 4.14. The number of rotatable bonds is 4. The Morgan fingerprint density at radius 2 is 1.95 bits per heavy atom. The van der Waals surface area contributed by atoms with Gasteiger partial charge >= 0.3 is 5.97 Å². The van der Waals surface area contributed by atoms with Crippen LogP contribution < -0.4 is 0 Å². The number of pyridine rings is 1. The van der Waals surface area contributed by atoms with Gasteiger partial charge in [0.1, 0.15) is 5.69 Å². The average molecular weight is 274 g/mol. The van der Waals surface area contributed by atoms with E-state index in [1.165, 1.54) is 0 Å². The molecule has 2 rings (SSSR count). The minimum absolute atomic E-state index is 0.0230. The highest BCUT2D eigenvalue weighted by Crippen LogP contribution is 2.25. The maximum atomic E-state index is 11.3. The molecule has 0 aromatic carbocycles. The van der Waals surface area contributed by atoms with E-state index in [2.05, 4.69) is 36.1 Å². The Labute approximate surface area is 117 Å². The Morgan fingerprint density at radius 1 is 1.30 bits per heavy atom. The number of nitrogens with zero attached hydrogens (tertiary/aromatic N) is 4. The normalized spacial score (nSPS) is 11.6. The molecule has 0 atom stereocenters. The summed E-state index contributed by atoms with van der Waals surface area (Å²) in [5.74, 6) is -1.07. The van der Waals surface area contributed by atoms with Crippen LogP contribution >= 0.6 is 0 Å². The van der Waals surface area contributed by atoms with E-state index in [0.717, 1.165) is 12.0 Å². The zero-order valence-electron chi connectivity index (χ0n) is 11.9. The predicted octanol–water partition coefficient (Wildman–Crippen LogP) is 2.47. The van der Waals surface area contributed by atoms with Gasteiger partial charge in [-0.05, 0) is 24.0 Å². The fourth-order valence-electron chi connectivity index (χ4n) is 1.85. The molecule has 0 radical (unpaired) electrons. The van der Waals surface area contributed by atoms with Crippen molar-refractivity contribution in [2.75, 3.05) is 0 Å². The van der Waals surface area contributed by atoms with E-state index in [1.54, 1.807) is 29.2 Å². The predicted molar refractivity (Wildman–Crippen MR) is 74.3 cm³/mol. The number of carboxylic acids is 1. The van der Waals surface area contributed by atoms with E-state index in [0.29, 0.717) is 12.2 Å². The second-order valence-electron chi connectivity index (χ2n) is 5.86. The summed E-state index contributed by atoms with van der Waals surface area (Å²) in [4.78, 5) is 15.2. The van der Waals surface area contributed by atoms with Crippen molar-refractivity contribution in [2.24, 2.45) is 5.41 Å². The molecule has 106 valence electrons. The third-order valence-corrected chi connectivity index (χ3v) is 2.97. The second-order valence-corrected chi connectivity index (χ2v) is 5.86. The van der Waals surface area contributed by atoms with Gasteiger partial charge in [0.25, 0.3) is 0 Å². The van der Waals surface area contributed by atoms with Crippen molar-refractivity contribution in [1.82, 2.24) is 20.0 Å². The van der Waals surface area contributed by atoms with Crippen LogP contribution in [0.1, 0.15) is 37.7 Å². The minimum Gasteiger partial charge on any atom is -0.476 e. The maximum Gasteiger partial charge on any atom is 0.358 e. The van der Waals surface area contributed by atoms with Gasteiger partial charge in [0.05, 0.1) is 0 Å². The van der Waals surface area contributed by atoms with Gasteiger partial charge in [0.2, 0.25) is 0 Å². The summed E-state index contributed by atoms with van der Waals surface area (Å²) in [5.41, 5.74) is 1.41. The quantitative estimate of drug-likeness (QED) is 0.926. The first-order valence-corrected chi connectivity index (χ1v) is 6.46. The Hall–Kier alpha value is -2.24. The molecule has 0 aliphatic carbocycles. The Morgan fingerprint density at radius 3 is 2.50 bits per heavy atom. The van der Waals surface area contributed by atoms with Crippen molar-refractivity contribution in [3.05, 3.63) is 30.2 Å². The molecular formula is C14H18N4O2. The standard InChI is InChI=1S/C14H18N4O2/c1-14(2,3)6-9-18-12(10-4-7-15-8-5-10)11(13(19)20)16-17-18/h4-5,7-8H,6,9H2,1-3H3,(H,19,20). The molecule has 20 heavy (non-hydrogen) atoms. The molecule has 0 aliphatic heterocycles. The van der Waals surface area contributed by atoms with Gasteiger partial charge in [-0.25, -0.2) is 9.48 Å². The number of hydrogen-bond acceptors (Lipinski definition) is 4. The van der Waals surface area contributed by atoms with Crippen molar-refractivity contribution < 1.29 is 9.90 Å². The first-order chi connectivity index (χ1) is 9.38. The zero-order chi connectivity index (χ0) is 14.8. The third-order valence-electron chi connectivity index (χ3n) is 2.97. The molecule has 0 bridgehead atoms. The highest BCUT2D eigenvalue weighted by molar-refractivity contribution is 5.92. The molecule has 0 spiro atoms. The Kier molecular flexibility index (Phi) is 3.83. The smallest absolute Gasteiger partial charge is 0.358 e. The molecule has 0 unspecified atom stereocenters. The monoisotopic (exact) mass is 274 g/mol. The largest absolute Gasteiger partial charge is 0.476 e. The second kappa shape index (κ2) is 5.40. The Bertz CT molecular complexity index is 599. The van der Waals surface area contributed by atoms with Crippen molar-refractivity contribution in [3.63, 3.8) is 0 Å². The lowest BCUT2D eigenvalue weighted by Gasteiger charge is -2.18. The van der Waals surface area contributed by atoms with Crippen LogP contribution in [0.3, 0.4) is 0 Å². The topological polar surface area (TPSA) is 80.9 Å². The van der Waals surface area contributed by atoms with Gasteiger partial charge in [-0.2, -0.15) is 0 Å². The van der Waals surface area contributed by atoms with Crippen molar-refractivity contribution in [2.45, 2.75) is 33.7 Å². The number of carboxylic acid groups (broad SMARTS) is 1. The van der Waals surface area contributed by atoms with Crippen molar-refractivity contribution in [3.8, 4) is 11.3 Å². The first-order valence-electron chi connectivity index (χ1n) is 6.46. The van der Waals surface area contributed by atoms with E-state index in [9.17, 15) is 9.90 Å². The lowest BCUT2D eigenvalue weighted by molar-refractivity contribution is 0.0691. The molecule has 2 heterocycles. The van der Waals surface area contributed by atoms with Crippen LogP contribution in [0.2, 0.25) is 0 Å². The van der Waals surface area contributed by atoms with Crippen LogP contribution in [-0.4, -0.2) is 31.1 Å². The fourth-order valence-corrected chi connectivity index (χ4v) is 1.85. The molecular weight excluding hydrogens is 256 g/mol. The molecule has 0 saturated carbocycles. The Balaban J connectivity index is 2.41. The van der Waals surface area contributed by atoms with E-state index < -0.39 is 5.97 Å². The SMILES string of the molecule is CC(C)(C)CCn1nnc(C(=O)O)c1-c1ccncc1. The van der Waals surface area contributed by atoms with Crippen molar-refractivity contribution >= 4 is 5.97 Å². The number of aryl methyl sites for hydroxylation is 1. The van der Waals surface area contributed by atoms with E-state index >= 15 is 0 Å². The molecule has 1 N–H and O–H groups in total. The van der Waals surface area contributed by atoms with Gasteiger partial charge in [0, 0.05) is 24.5 Å². The van der Waals surface area contributed by atoms with Gasteiger partial charge < -0.3 is 5.11 Å². The number of aromatic nitrogens is 4. The van der Waals surface area contributed by atoms with Crippen LogP contribution in [0.4, 0.5) is 0 Å². The molecule has 2 aromatic rings. The number of hydrogen-bond donors (Lipinski definition) is 1. The molecule has 0 fully saturated rings. The maximum absolute atomic E-state index is 11.3. The zero-order valence-corrected chi connectivity index (χ0v) is 11.9. The van der Waals surface area contributed by atoms with E-state index in [1.807, 2.05) is 0 Å². The van der Waals surface area contributed by atoms with Crippen LogP contribution in [0.25, 0.3) is 11.3 Å². The number of carbonyl (C=O) groups is 1. The molecule has 0 amide bonds. The summed E-state index contributed by atoms with van der Waals surface area (Å²) in [5, 5.41) is 17.0. The molecule has 2 aromatic heterocycles. The first kappa shape index (κ1) is 14.2. The molecule has 0 saturated heterocycles. The lowest BCUT2D eigenvalue weighted by Crippen LogP contribution is -2.12. The lowest BCUT2D eigenvalue weighted by atomic mass is 9.92. The molecule has 0 aliphatic rings. The molecule has 6 heteroatoms.